The van der Waals surface area contributed by atoms with Gasteiger partial charge in [-0.25, -0.2) is 14.8 Å². The van der Waals surface area contributed by atoms with E-state index < -0.39 is 17.9 Å². The Labute approximate surface area is 272 Å². The minimum Gasteiger partial charge on any atom is -0.480 e. The number of carboxylic acid groups (broad SMARTS) is 1. The third-order valence-corrected chi connectivity index (χ3v) is 6.76. The fourth-order valence-electron chi connectivity index (χ4n) is 4.25. The van der Waals surface area contributed by atoms with Crippen LogP contribution >= 0.6 is 0 Å². The maximum absolute atomic E-state index is 12.8. The number of rotatable bonds is 22. The summed E-state index contributed by atoms with van der Waals surface area (Å²) >= 11 is 0. The molecule has 2 aromatic heterocycles. The van der Waals surface area contributed by atoms with Crippen LogP contribution in [0.4, 0.5) is 17.5 Å². The number of aromatic nitrogens is 4. The monoisotopic (exact) mass is 656 g/mol. The van der Waals surface area contributed by atoms with Gasteiger partial charge in [-0.2, -0.15) is 9.97 Å². The molecule has 1 atom stereocenters. The van der Waals surface area contributed by atoms with Crippen LogP contribution in [0.25, 0.3) is 11.2 Å². The van der Waals surface area contributed by atoms with Gasteiger partial charge in [0, 0.05) is 44.5 Å². The highest BCUT2D eigenvalue weighted by Gasteiger charge is 2.22. The number of carbonyl (C=O) groups excluding carboxylic acids is 2. The molecule has 0 fully saturated rings. The molecule has 0 saturated carbocycles. The van der Waals surface area contributed by atoms with E-state index in [2.05, 4.69) is 30.6 Å². The number of carbonyl (C=O) groups is 3. The van der Waals surface area contributed by atoms with Gasteiger partial charge in [-0.15, -0.1) is 0 Å². The summed E-state index contributed by atoms with van der Waals surface area (Å²) in [7, 11) is 1.84. The first-order valence-electron chi connectivity index (χ1n) is 15.3. The molecule has 0 aliphatic rings. The molecule has 0 aliphatic carbocycles. The molecule has 2 amide bonds. The van der Waals surface area contributed by atoms with Crippen molar-refractivity contribution >= 4 is 46.4 Å². The summed E-state index contributed by atoms with van der Waals surface area (Å²) in [5, 5.41) is 14.8. The third kappa shape index (κ3) is 12.9. The minimum absolute atomic E-state index is 0.0156. The van der Waals surface area contributed by atoms with Crippen molar-refractivity contribution in [1.29, 1.82) is 0 Å². The Morgan fingerprint density at radius 1 is 0.936 bits per heavy atom. The SMILES string of the molecule is CN(Cc1cnc2nc(N)nc(N)c2n1)c1ccc(C(=O)NC(CCC(=O)NCCCOCCOCCOCCCN)C(=O)O)cc1. The second-order valence-electron chi connectivity index (χ2n) is 10.5. The summed E-state index contributed by atoms with van der Waals surface area (Å²) < 4.78 is 16.2. The quantitative estimate of drug-likeness (QED) is 0.0783. The number of nitrogens with one attached hydrogen (secondary N) is 2. The first kappa shape index (κ1) is 36.8. The van der Waals surface area contributed by atoms with E-state index in [0.717, 1.165) is 12.1 Å². The topological polar surface area (TPSA) is 256 Å². The summed E-state index contributed by atoms with van der Waals surface area (Å²) in [6.07, 6.45) is 2.85. The predicted octanol–water partition coefficient (Wildman–Crippen LogP) is 0.0887. The maximum atomic E-state index is 12.8. The second-order valence-corrected chi connectivity index (χ2v) is 10.5. The Kier molecular flexibility index (Phi) is 15.4. The van der Waals surface area contributed by atoms with Gasteiger partial charge in [0.1, 0.15) is 6.04 Å². The molecule has 3 rings (SSSR count). The molecule has 1 aromatic carbocycles. The molecule has 0 bridgehead atoms. The molecular formula is C30H44N10O7. The molecule has 47 heavy (non-hydrogen) atoms. The number of nitrogen functional groups attached to an aromatic ring is 2. The summed E-state index contributed by atoms with van der Waals surface area (Å²) in [4.78, 5) is 55.4. The standard InChI is InChI=1S/C30H44N10O7/c1-40(19-21-18-35-27-25(36-21)26(32)38-30(33)39-27)22-6-4-20(5-7-22)28(42)37-23(29(43)44)8-9-24(41)34-11-3-13-46-15-17-47-16-14-45-12-2-10-31/h4-7,18,23H,2-3,8-17,19,31H2,1H3,(H,34,41)(H,37,42)(H,43,44)(H4,32,33,35,38,39). The first-order chi connectivity index (χ1) is 22.7. The van der Waals surface area contributed by atoms with Gasteiger partial charge in [-0.1, -0.05) is 0 Å². The van der Waals surface area contributed by atoms with Crippen molar-refractivity contribution in [2.24, 2.45) is 5.73 Å². The van der Waals surface area contributed by atoms with Crippen LogP contribution in [0.1, 0.15) is 41.7 Å². The summed E-state index contributed by atoms with van der Waals surface area (Å²) in [5.41, 5.74) is 19.2. The lowest BCUT2D eigenvalue weighted by atomic mass is 10.1. The van der Waals surface area contributed by atoms with Crippen molar-refractivity contribution in [2.45, 2.75) is 38.3 Å². The first-order valence-corrected chi connectivity index (χ1v) is 15.3. The number of benzene rings is 1. The Balaban J connectivity index is 1.35. The number of hydrogen-bond donors (Lipinski definition) is 6. The van der Waals surface area contributed by atoms with E-state index in [-0.39, 0.29) is 36.1 Å². The molecule has 0 saturated heterocycles. The lowest BCUT2D eigenvalue weighted by Gasteiger charge is -2.19. The van der Waals surface area contributed by atoms with Crippen molar-refractivity contribution in [3.05, 3.63) is 41.7 Å². The molecule has 9 N–H and O–H groups in total. The average Bonchev–Trinajstić information content (AvgIpc) is 3.05. The molecule has 17 heteroatoms. The van der Waals surface area contributed by atoms with Crippen LogP contribution in [-0.2, 0) is 30.3 Å². The molecule has 0 radical (unpaired) electrons. The molecule has 1 unspecified atom stereocenters. The van der Waals surface area contributed by atoms with E-state index in [0.29, 0.717) is 82.6 Å². The summed E-state index contributed by atoms with van der Waals surface area (Å²) in [6, 6.07) is 5.38. The number of nitrogens with zero attached hydrogens (tertiary/aromatic N) is 5. The van der Waals surface area contributed by atoms with Crippen LogP contribution in [0.2, 0.25) is 0 Å². The van der Waals surface area contributed by atoms with Gasteiger partial charge in [-0.05, 0) is 50.1 Å². The second kappa shape index (κ2) is 19.7. The van der Waals surface area contributed by atoms with E-state index in [1.165, 1.54) is 0 Å². The van der Waals surface area contributed by atoms with Crippen LogP contribution in [-0.4, -0.2) is 109 Å². The predicted molar refractivity (Wildman–Crippen MR) is 174 cm³/mol. The number of carboxylic acids is 1. The van der Waals surface area contributed by atoms with Crippen LogP contribution in [0.3, 0.4) is 0 Å². The Morgan fingerprint density at radius 2 is 1.60 bits per heavy atom. The zero-order valence-corrected chi connectivity index (χ0v) is 26.5. The fourth-order valence-corrected chi connectivity index (χ4v) is 4.25. The van der Waals surface area contributed by atoms with E-state index in [4.69, 9.17) is 31.4 Å². The van der Waals surface area contributed by atoms with Crippen molar-refractivity contribution in [2.75, 3.05) is 76.1 Å². The average molecular weight is 657 g/mol. The summed E-state index contributed by atoms with van der Waals surface area (Å²) in [5.74, 6) is -1.96. The Hall–Kier alpha value is -4.71. The van der Waals surface area contributed by atoms with Crippen LogP contribution in [0.5, 0.6) is 0 Å². The zero-order chi connectivity index (χ0) is 34.0. The lowest BCUT2D eigenvalue weighted by molar-refractivity contribution is -0.139. The van der Waals surface area contributed by atoms with Crippen LogP contribution in [0, 0.1) is 0 Å². The fraction of sp³-hybridized carbons (Fsp3) is 0.500. The van der Waals surface area contributed by atoms with E-state index in [1.807, 2.05) is 11.9 Å². The van der Waals surface area contributed by atoms with Gasteiger partial charge in [0.05, 0.1) is 44.9 Å². The molecule has 17 nitrogen and oxygen atoms in total. The molecular weight excluding hydrogens is 612 g/mol. The van der Waals surface area contributed by atoms with Crippen molar-refractivity contribution in [1.82, 2.24) is 30.6 Å². The van der Waals surface area contributed by atoms with E-state index in [9.17, 15) is 19.5 Å². The molecule has 3 aromatic rings. The van der Waals surface area contributed by atoms with Gasteiger partial charge in [0.2, 0.25) is 11.9 Å². The van der Waals surface area contributed by atoms with Crippen molar-refractivity contribution < 1.29 is 33.7 Å². The molecule has 0 spiro atoms. The Bertz CT molecular complexity index is 1440. The summed E-state index contributed by atoms with van der Waals surface area (Å²) in [6.45, 7) is 4.29. The van der Waals surface area contributed by atoms with Crippen LogP contribution < -0.4 is 32.7 Å². The van der Waals surface area contributed by atoms with Gasteiger partial charge in [-0.3, -0.25) is 9.59 Å². The maximum Gasteiger partial charge on any atom is 0.326 e. The number of amides is 2. The minimum atomic E-state index is -1.23. The Morgan fingerprint density at radius 3 is 2.26 bits per heavy atom. The number of ether oxygens (including phenoxy) is 3. The van der Waals surface area contributed by atoms with E-state index in [1.54, 1.807) is 30.5 Å². The lowest BCUT2D eigenvalue weighted by Crippen LogP contribution is -2.41. The van der Waals surface area contributed by atoms with Gasteiger partial charge >= 0.3 is 5.97 Å². The van der Waals surface area contributed by atoms with Gasteiger partial charge in [0.15, 0.2) is 17.0 Å². The van der Waals surface area contributed by atoms with E-state index >= 15 is 0 Å². The van der Waals surface area contributed by atoms with Gasteiger partial charge in [0.25, 0.3) is 5.91 Å². The normalized spacial score (nSPS) is 11.7. The zero-order valence-electron chi connectivity index (χ0n) is 26.5. The third-order valence-electron chi connectivity index (χ3n) is 6.76. The van der Waals surface area contributed by atoms with Crippen molar-refractivity contribution in [3.8, 4) is 0 Å². The number of nitrogens with two attached hydrogens (primary N) is 3. The molecule has 2 heterocycles. The highest BCUT2D eigenvalue weighted by atomic mass is 16.5. The molecule has 0 aliphatic heterocycles. The number of hydrogen-bond acceptors (Lipinski definition) is 14. The number of anilines is 3. The van der Waals surface area contributed by atoms with Gasteiger partial charge < -0.3 is 52.1 Å². The molecule has 256 valence electrons. The van der Waals surface area contributed by atoms with Crippen molar-refractivity contribution in [3.63, 3.8) is 0 Å². The number of aliphatic carboxylic acids is 1. The highest BCUT2D eigenvalue weighted by Crippen LogP contribution is 2.19. The number of fused-ring (bicyclic) bond motifs is 1. The van der Waals surface area contributed by atoms with Crippen LogP contribution in [0.15, 0.2) is 30.5 Å². The smallest absolute Gasteiger partial charge is 0.326 e. The highest BCUT2D eigenvalue weighted by molar-refractivity contribution is 5.97. The largest absolute Gasteiger partial charge is 0.480 e.